The van der Waals surface area contributed by atoms with Crippen molar-refractivity contribution in [3.05, 3.63) is 0 Å². The van der Waals surface area contributed by atoms with Crippen molar-refractivity contribution in [2.24, 2.45) is 5.41 Å². The first-order valence-corrected chi connectivity index (χ1v) is 7.48. The third-order valence-electron chi connectivity index (χ3n) is 3.25. The van der Waals surface area contributed by atoms with Crippen molar-refractivity contribution in [1.82, 2.24) is 4.90 Å². The van der Waals surface area contributed by atoms with Gasteiger partial charge in [0.1, 0.15) is 5.60 Å². The normalized spacial score (nSPS) is 18.9. The lowest BCUT2D eigenvalue weighted by Gasteiger charge is -2.38. The van der Waals surface area contributed by atoms with Crippen LogP contribution in [0.25, 0.3) is 0 Å². The van der Waals surface area contributed by atoms with Crippen molar-refractivity contribution in [2.45, 2.75) is 39.2 Å². The zero-order valence-electron chi connectivity index (χ0n) is 12.0. The number of hydrogen-bond acceptors (Lipinski definition) is 4. The summed E-state index contributed by atoms with van der Waals surface area (Å²) >= 11 is 3.38. The Hall–Kier alpha value is -0.780. The van der Waals surface area contributed by atoms with Crippen LogP contribution in [0.2, 0.25) is 0 Å². The Morgan fingerprint density at radius 3 is 2.16 bits per heavy atom. The smallest absolute Gasteiger partial charge is 0.410 e. The monoisotopic (exact) mass is 335 g/mol. The standard InChI is InChI=1S/C13H22BrNO4/c1-12(2,3)19-11(17)15-7-5-13(9-14,6-8-15)10(16)18-4/h5-9H2,1-4H3. The molecule has 0 aromatic heterocycles. The highest BCUT2D eigenvalue weighted by Gasteiger charge is 2.43. The SMILES string of the molecule is COC(=O)C1(CBr)CCN(C(=O)OC(C)(C)C)CC1. The minimum absolute atomic E-state index is 0.215. The highest BCUT2D eigenvalue weighted by atomic mass is 79.9. The molecule has 0 atom stereocenters. The number of rotatable bonds is 2. The maximum Gasteiger partial charge on any atom is 0.410 e. The summed E-state index contributed by atoms with van der Waals surface area (Å²) in [4.78, 5) is 25.4. The predicted molar refractivity (Wildman–Crippen MR) is 75.3 cm³/mol. The fraction of sp³-hybridized carbons (Fsp3) is 0.846. The van der Waals surface area contributed by atoms with Crippen LogP contribution in [0.1, 0.15) is 33.6 Å². The molecule has 1 heterocycles. The van der Waals surface area contributed by atoms with Gasteiger partial charge in [0.25, 0.3) is 0 Å². The number of nitrogens with zero attached hydrogens (tertiary/aromatic N) is 1. The van der Waals surface area contributed by atoms with Crippen LogP contribution < -0.4 is 0 Å². The second kappa shape index (κ2) is 6.11. The molecule has 0 unspecified atom stereocenters. The summed E-state index contributed by atoms with van der Waals surface area (Å²) in [5, 5.41) is 0.550. The summed E-state index contributed by atoms with van der Waals surface area (Å²) in [5.74, 6) is -0.215. The molecule has 6 heteroatoms. The number of hydrogen-bond donors (Lipinski definition) is 0. The van der Waals surface area contributed by atoms with Crippen LogP contribution in [0.5, 0.6) is 0 Å². The Bertz CT molecular complexity index is 343. The molecule has 0 saturated carbocycles. The van der Waals surface area contributed by atoms with Gasteiger partial charge in [-0.15, -0.1) is 0 Å². The minimum atomic E-state index is -0.521. The highest BCUT2D eigenvalue weighted by Crippen LogP contribution is 2.35. The lowest BCUT2D eigenvalue weighted by molar-refractivity contribution is -0.154. The molecule has 1 saturated heterocycles. The van der Waals surface area contributed by atoms with E-state index in [2.05, 4.69) is 15.9 Å². The van der Waals surface area contributed by atoms with Crippen LogP contribution in [-0.2, 0) is 14.3 Å². The summed E-state index contributed by atoms with van der Waals surface area (Å²) in [6, 6.07) is 0. The van der Waals surface area contributed by atoms with Crippen LogP contribution in [0.3, 0.4) is 0 Å². The quantitative estimate of drug-likeness (QED) is 0.574. The van der Waals surface area contributed by atoms with Crippen molar-refractivity contribution in [1.29, 1.82) is 0 Å². The number of esters is 1. The number of carbonyl (C=O) groups excluding carboxylic acids is 2. The Balaban J connectivity index is 2.61. The van der Waals surface area contributed by atoms with E-state index in [9.17, 15) is 9.59 Å². The molecule has 5 nitrogen and oxygen atoms in total. The molecule has 19 heavy (non-hydrogen) atoms. The van der Waals surface area contributed by atoms with E-state index in [0.29, 0.717) is 31.3 Å². The first-order chi connectivity index (χ1) is 8.74. The lowest BCUT2D eigenvalue weighted by atomic mass is 9.80. The summed E-state index contributed by atoms with van der Waals surface area (Å²) in [5.41, 5.74) is -1.02. The first kappa shape index (κ1) is 16.3. The fourth-order valence-electron chi connectivity index (χ4n) is 2.05. The number of halogens is 1. The van der Waals surface area contributed by atoms with E-state index < -0.39 is 11.0 Å². The molecule has 1 rings (SSSR count). The van der Waals surface area contributed by atoms with Crippen molar-refractivity contribution < 1.29 is 19.1 Å². The predicted octanol–water partition coefficient (Wildman–Crippen LogP) is 2.57. The molecule has 0 N–H and O–H groups in total. The second-order valence-corrected chi connectivity index (χ2v) is 6.43. The van der Waals surface area contributed by atoms with Gasteiger partial charge in [0, 0.05) is 18.4 Å². The molecule has 0 radical (unpaired) electrons. The van der Waals surface area contributed by atoms with Crippen LogP contribution >= 0.6 is 15.9 Å². The van der Waals surface area contributed by atoms with E-state index in [1.165, 1.54) is 7.11 Å². The molecule has 0 aromatic carbocycles. The van der Waals surface area contributed by atoms with E-state index in [1.54, 1.807) is 4.90 Å². The molecule has 0 aliphatic carbocycles. The Labute approximate surface area is 122 Å². The molecule has 1 aliphatic heterocycles. The summed E-state index contributed by atoms with van der Waals surface area (Å²) in [7, 11) is 1.40. The van der Waals surface area contributed by atoms with Gasteiger partial charge in [0.15, 0.2) is 0 Å². The summed E-state index contributed by atoms with van der Waals surface area (Å²) in [6.07, 6.45) is 0.856. The number of methoxy groups -OCH3 is 1. The average Bonchev–Trinajstić information content (AvgIpc) is 2.35. The number of amides is 1. The molecule has 0 bridgehead atoms. The van der Waals surface area contributed by atoms with E-state index in [4.69, 9.17) is 9.47 Å². The van der Waals surface area contributed by atoms with Crippen LogP contribution in [-0.4, -0.2) is 48.1 Å². The Morgan fingerprint density at radius 2 is 1.79 bits per heavy atom. The molecule has 0 spiro atoms. The largest absolute Gasteiger partial charge is 0.469 e. The van der Waals surface area contributed by atoms with Gasteiger partial charge in [-0.05, 0) is 33.6 Å². The van der Waals surface area contributed by atoms with Crippen LogP contribution in [0.4, 0.5) is 4.79 Å². The van der Waals surface area contributed by atoms with Gasteiger partial charge < -0.3 is 14.4 Å². The third-order valence-corrected chi connectivity index (χ3v) is 4.32. The highest BCUT2D eigenvalue weighted by molar-refractivity contribution is 9.09. The van der Waals surface area contributed by atoms with E-state index >= 15 is 0 Å². The molecule has 1 aliphatic rings. The summed E-state index contributed by atoms with van der Waals surface area (Å²) < 4.78 is 10.2. The molecule has 1 fully saturated rings. The molecule has 110 valence electrons. The second-order valence-electron chi connectivity index (χ2n) is 5.87. The zero-order valence-corrected chi connectivity index (χ0v) is 13.6. The van der Waals surface area contributed by atoms with Gasteiger partial charge in [-0.3, -0.25) is 4.79 Å². The minimum Gasteiger partial charge on any atom is -0.469 e. The topological polar surface area (TPSA) is 55.8 Å². The average molecular weight is 336 g/mol. The number of ether oxygens (including phenoxy) is 2. The number of piperidine rings is 1. The van der Waals surface area contributed by atoms with Crippen LogP contribution in [0, 0.1) is 5.41 Å². The zero-order chi connectivity index (χ0) is 14.7. The Kier molecular flexibility index (Phi) is 5.24. The van der Waals surface area contributed by atoms with Gasteiger partial charge >= 0.3 is 12.1 Å². The molecule has 1 amide bonds. The van der Waals surface area contributed by atoms with Crippen molar-refractivity contribution in [3.8, 4) is 0 Å². The Morgan fingerprint density at radius 1 is 1.26 bits per heavy atom. The van der Waals surface area contributed by atoms with Crippen molar-refractivity contribution in [3.63, 3.8) is 0 Å². The third kappa shape index (κ3) is 4.09. The fourth-order valence-corrected chi connectivity index (χ4v) is 2.84. The van der Waals surface area contributed by atoms with Gasteiger partial charge in [-0.1, -0.05) is 15.9 Å². The van der Waals surface area contributed by atoms with E-state index in [1.807, 2.05) is 20.8 Å². The lowest BCUT2D eigenvalue weighted by Crippen LogP contribution is -2.49. The van der Waals surface area contributed by atoms with E-state index in [0.717, 1.165) is 0 Å². The molecule has 0 aromatic rings. The number of carbonyl (C=O) groups is 2. The molecular formula is C13H22BrNO4. The van der Waals surface area contributed by atoms with Gasteiger partial charge in [-0.2, -0.15) is 0 Å². The van der Waals surface area contributed by atoms with Crippen molar-refractivity contribution in [2.75, 3.05) is 25.5 Å². The molecular weight excluding hydrogens is 314 g/mol. The number of likely N-dealkylation sites (tertiary alicyclic amines) is 1. The van der Waals surface area contributed by atoms with Crippen molar-refractivity contribution >= 4 is 28.0 Å². The summed E-state index contributed by atoms with van der Waals surface area (Å²) in [6.45, 7) is 6.54. The van der Waals surface area contributed by atoms with Gasteiger partial charge in [-0.25, -0.2) is 4.79 Å². The van der Waals surface area contributed by atoms with Crippen LogP contribution in [0.15, 0.2) is 0 Å². The number of alkyl halides is 1. The van der Waals surface area contributed by atoms with E-state index in [-0.39, 0.29) is 12.1 Å². The van der Waals surface area contributed by atoms with Gasteiger partial charge in [0.05, 0.1) is 12.5 Å². The van der Waals surface area contributed by atoms with Gasteiger partial charge in [0.2, 0.25) is 0 Å². The first-order valence-electron chi connectivity index (χ1n) is 6.36. The maximum atomic E-state index is 11.9. The maximum absolute atomic E-state index is 11.9.